The van der Waals surface area contributed by atoms with Crippen LogP contribution in [0.15, 0.2) is 53.7 Å². The fourth-order valence-corrected chi connectivity index (χ4v) is 4.62. The van der Waals surface area contributed by atoms with E-state index in [0.29, 0.717) is 41.7 Å². The zero-order valence-electron chi connectivity index (χ0n) is 19.0. The number of ketones is 1. The fraction of sp³-hybridized carbons (Fsp3) is 0.320. The third-order valence-electron chi connectivity index (χ3n) is 6.13. The molecule has 1 aliphatic heterocycles. The van der Waals surface area contributed by atoms with E-state index in [1.165, 1.54) is 12.1 Å². The Morgan fingerprint density at radius 3 is 2.36 bits per heavy atom. The van der Waals surface area contributed by atoms with Crippen LogP contribution in [0.25, 0.3) is 11.4 Å². The number of methoxy groups -OCH3 is 2. The van der Waals surface area contributed by atoms with E-state index in [1.54, 1.807) is 37.1 Å². The Morgan fingerprint density at radius 2 is 1.73 bits per heavy atom. The molecular formula is C25H25FN4O3. The molecule has 2 heterocycles. The first-order valence-corrected chi connectivity index (χ1v) is 10.8. The van der Waals surface area contributed by atoms with Crippen molar-refractivity contribution in [1.82, 2.24) is 14.8 Å². The van der Waals surface area contributed by atoms with E-state index in [-0.39, 0.29) is 17.0 Å². The molecule has 0 fully saturated rings. The quantitative estimate of drug-likeness (QED) is 0.620. The van der Waals surface area contributed by atoms with Gasteiger partial charge in [-0.3, -0.25) is 4.79 Å². The Bertz CT molecular complexity index is 1260. The minimum atomic E-state index is -0.491. The number of allylic oxidation sites excluding steroid dienone is 2. The van der Waals surface area contributed by atoms with E-state index in [1.807, 2.05) is 12.1 Å². The number of carbonyl (C=O) groups excluding carboxylic acids is 1. The van der Waals surface area contributed by atoms with Crippen molar-refractivity contribution in [2.24, 2.45) is 5.41 Å². The van der Waals surface area contributed by atoms with Gasteiger partial charge in [0.2, 0.25) is 5.95 Å². The summed E-state index contributed by atoms with van der Waals surface area (Å²) in [6.45, 7) is 4.16. The van der Waals surface area contributed by atoms with Crippen LogP contribution in [0.2, 0.25) is 0 Å². The van der Waals surface area contributed by atoms with Crippen LogP contribution in [0.3, 0.4) is 0 Å². The number of nitrogens with one attached hydrogen (secondary N) is 1. The number of Topliss-reactive ketones (excluding diaryl/α,β-unsaturated/α-hetero) is 1. The van der Waals surface area contributed by atoms with Gasteiger partial charge in [0, 0.05) is 29.3 Å². The maximum absolute atomic E-state index is 13.7. The van der Waals surface area contributed by atoms with E-state index < -0.39 is 6.04 Å². The highest BCUT2D eigenvalue weighted by atomic mass is 19.1. The van der Waals surface area contributed by atoms with Gasteiger partial charge in [0.1, 0.15) is 23.4 Å². The zero-order valence-corrected chi connectivity index (χ0v) is 19.0. The first-order chi connectivity index (χ1) is 15.8. The molecule has 1 atom stereocenters. The van der Waals surface area contributed by atoms with E-state index in [2.05, 4.69) is 19.2 Å². The van der Waals surface area contributed by atoms with Crippen molar-refractivity contribution >= 4 is 11.7 Å². The van der Waals surface area contributed by atoms with Gasteiger partial charge in [-0.15, -0.1) is 5.10 Å². The molecule has 3 aromatic rings. The van der Waals surface area contributed by atoms with Gasteiger partial charge in [-0.1, -0.05) is 26.0 Å². The third-order valence-corrected chi connectivity index (χ3v) is 6.13. The normalized spacial score (nSPS) is 18.9. The highest BCUT2D eigenvalue weighted by Crippen LogP contribution is 2.45. The number of aromatic nitrogens is 3. The van der Waals surface area contributed by atoms with E-state index >= 15 is 0 Å². The SMILES string of the molecule is COc1cc(OC)cc(-c2nc3n(n2)C(c2ccc(F)cc2)C2=C(CC(C)(C)CC2=O)N3)c1. The summed E-state index contributed by atoms with van der Waals surface area (Å²) in [5.74, 6) is 1.97. The molecule has 0 bridgehead atoms. The van der Waals surface area contributed by atoms with Crippen molar-refractivity contribution in [2.75, 3.05) is 19.5 Å². The molecule has 2 aliphatic rings. The van der Waals surface area contributed by atoms with Gasteiger partial charge in [0.15, 0.2) is 11.6 Å². The summed E-state index contributed by atoms with van der Waals surface area (Å²) in [6, 6.07) is 11.1. The van der Waals surface area contributed by atoms with Crippen molar-refractivity contribution in [3.63, 3.8) is 0 Å². The molecule has 2 aromatic carbocycles. The van der Waals surface area contributed by atoms with Crippen LogP contribution < -0.4 is 14.8 Å². The Kier molecular flexibility index (Phi) is 4.96. The number of anilines is 1. The number of rotatable bonds is 4. The lowest BCUT2D eigenvalue weighted by atomic mass is 9.73. The van der Waals surface area contributed by atoms with Crippen molar-refractivity contribution in [2.45, 2.75) is 32.7 Å². The molecule has 5 rings (SSSR count). The van der Waals surface area contributed by atoms with Gasteiger partial charge in [-0.05, 0) is 41.7 Å². The average Bonchev–Trinajstić information content (AvgIpc) is 3.21. The van der Waals surface area contributed by atoms with Crippen LogP contribution in [0.4, 0.5) is 10.3 Å². The van der Waals surface area contributed by atoms with Crippen molar-refractivity contribution in [1.29, 1.82) is 0 Å². The zero-order chi connectivity index (χ0) is 23.3. The summed E-state index contributed by atoms with van der Waals surface area (Å²) in [7, 11) is 3.17. The maximum Gasteiger partial charge on any atom is 0.226 e. The molecule has 1 unspecified atom stereocenters. The Morgan fingerprint density at radius 1 is 1.06 bits per heavy atom. The van der Waals surface area contributed by atoms with Crippen molar-refractivity contribution < 1.29 is 18.7 Å². The van der Waals surface area contributed by atoms with Crippen LogP contribution in [0.1, 0.15) is 38.3 Å². The number of carbonyl (C=O) groups is 1. The average molecular weight is 448 g/mol. The van der Waals surface area contributed by atoms with Gasteiger partial charge < -0.3 is 14.8 Å². The third kappa shape index (κ3) is 3.75. The summed E-state index contributed by atoms with van der Waals surface area (Å²) in [6.07, 6.45) is 1.15. The standard InChI is InChI=1S/C25H25FN4O3/c1-25(2)12-19-21(20(31)13-25)22(14-5-7-16(26)8-6-14)30-24(27-19)28-23(29-30)15-9-17(32-3)11-18(10-15)33-4/h5-11,22H,12-13H2,1-4H3,(H,27,28,29). The lowest BCUT2D eigenvalue weighted by Gasteiger charge is -2.38. The molecule has 0 amide bonds. The lowest BCUT2D eigenvalue weighted by molar-refractivity contribution is -0.118. The van der Waals surface area contributed by atoms with Gasteiger partial charge in [0.05, 0.1) is 14.2 Å². The van der Waals surface area contributed by atoms with Gasteiger partial charge in [-0.2, -0.15) is 4.98 Å². The van der Waals surface area contributed by atoms with E-state index in [0.717, 1.165) is 16.8 Å². The largest absolute Gasteiger partial charge is 0.497 e. The second-order valence-electron chi connectivity index (χ2n) is 9.22. The lowest BCUT2D eigenvalue weighted by Crippen LogP contribution is -2.36. The molecule has 0 radical (unpaired) electrons. The van der Waals surface area contributed by atoms with E-state index in [9.17, 15) is 9.18 Å². The maximum atomic E-state index is 13.7. The topological polar surface area (TPSA) is 78.3 Å². The number of benzene rings is 2. The van der Waals surface area contributed by atoms with Gasteiger partial charge >= 0.3 is 0 Å². The predicted octanol–water partition coefficient (Wildman–Crippen LogP) is 4.76. The summed E-state index contributed by atoms with van der Waals surface area (Å²) < 4.78 is 26.2. The molecule has 0 saturated carbocycles. The molecule has 1 N–H and O–H groups in total. The molecule has 8 heteroatoms. The summed E-state index contributed by atoms with van der Waals surface area (Å²) in [5, 5.41) is 8.12. The monoisotopic (exact) mass is 448 g/mol. The first kappa shape index (κ1) is 21.2. The minimum Gasteiger partial charge on any atom is -0.497 e. The molecular weight excluding hydrogens is 423 g/mol. The number of fused-ring (bicyclic) bond motifs is 1. The molecule has 1 aliphatic carbocycles. The number of halogens is 1. The number of hydrogen-bond donors (Lipinski definition) is 1. The summed E-state index contributed by atoms with van der Waals surface area (Å²) in [4.78, 5) is 18.0. The highest BCUT2D eigenvalue weighted by molar-refractivity contribution is 6.00. The summed E-state index contributed by atoms with van der Waals surface area (Å²) >= 11 is 0. The van der Waals surface area contributed by atoms with E-state index in [4.69, 9.17) is 19.6 Å². The first-order valence-electron chi connectivity index (χ1n) is 10.8. The Balaban J connectivity index is 1.67. The molecule has 33 heavy (non-hydrogen) atoms. The van der Waals surface area contributed by atoms with Crippen molar-refractivity contribution in [3.8, 4) is 22.9 Å². The van der Waals surface area contributed by atoms with Crippen LogP contribution in [0.5, 0.6) is 11.5 Å². The van der Waals surface area contributed by atoms with Crippen LogP contribution in [-0.2, 0) is 4.79 Å². The number of hydrogen-bond acceptors (Lipinski definition) is 6. The predicted molar refractivity (Wildman–Crippen MR) is 122 cm³/mol. The fourth-order valence-electron chi connectivity index (χ4n) is 4.62. The van der Waals surface area contributed by atoms with Gasteiger partial charge in [0.25, 0.3) is 0 Å². The Labute approximate surface area is 191 Å². The number of ether oxygens (including phenoxy) is 2. The molecule has 0 spiro atoms. The number of nitrogens with zero attached hydrogens (tertiary/aromatic N) is 3. The molecule has 1 aromatic heterocycles. The molecule has 7 nitrogen and oxygen atoms in total. The Hall–Kier alpha value is -3.68. The van der Waals surface area contributed by atoms with Crippen LogP contribution >= 0.6 is 0 Å². The van der Waals surface area contributed by atoms with Crippen LogP contribution in [-0.4, -0.2) is 34.8 Å². The minimum absolute atomic E-state index is 0.0637. The molecule has 170 valence electrons. The summed E-state index contributed by atoms with van der Waals surface area (Å²) in [5.41, 5.74) is 2.84. The molecule has 0 saturated heterocycles. The van der Waals surface area contributed by atoms with Crippen LogP contribution in [0, 0.1) is 11.2 Å². The highest BCUT2D eigenvalue weighted by Gasteiger charge is 2.41. The smallest absolute Gasteiger partial charge is 0.226 e. The second-order valence-corrected chi connectivity index (χ2v) is 9.22. The van der Waals surface area contributed by atoms with Crippen molar-refractivity contribution in [3.05, 3.63) is 65.1 Å². The van der Waals surface area contributed by atoms with Gasteiger partial charge in [-0.25, -0.2) is 9.07 Å². The second kappa shape index (κ2) is 7.72.